The summed E-state index contributed by atoms with van der Waals surface area (Å²) in [7, 11) is 0. The molecule has 2 nitrogen and oxygen atoms in total. The smallest absolute Gasteiger partial charge is 0.262 e. The topological polar surface area (TPSA) is 26.3 Å². The van der Waals surface area contributed by atoms with E-state index >= 15 is 0 Å². The number of benzene rings is 1. The molecule has 0 heterocycles. The molecule has 1 unspecified atom stereocenters. The molecule has 0 spiro atoms. The van der Waals surface area contributed by atoms with Gasteiger partial charge in [0.2, 0.25) is 0 Å². The second-order valence-corrected chi connectivity index (χ2v) is 3.33. The second-order valence-electron chi connectivity index (χ2n) is 2.52. The van der Waals surface area contributed by atoms with Crippen LogP contribution in [-0.2, 0) is 4.79 Å². The standard InChI is InChI=1S/C9H8Cl2O2/c1-6(9(11)12)13-8-4-2-7(10)3-5-8/h2-6H,1H3. The third kappa shape index (κ3) is 3.25. The lowest BCUT2D eigenvalue weighted by Gasteiger charge is -2.09. The van der Waals surface area contributed by atoms with Crippen LogP contribution in [0.2, 0.25) is 5.02 Å². The van der Waals surface area contributed by atoms with Crippen molar-refractivity contribution in [3.8, 4) is 5.75 Å². The molecule has 1 aromatic rings. The van der Waals surface area contributed by atoms with Gasteiger partial charge in [-0.1, -0.05) is 11.6 Å². The minimum atomic E-state index is -0.636. The molecule has 0 aliphatic rings. The zero-order valence-corrected chi connectivity index (χ0v) is 8.47. The molecular weight excluding hydrogens is 211 g/mol. The van der Waals surface area contributed by atoms with Crippen molar-refractivity contribution in [1.82, 2.24) is 0 Å². The summed E-state index contributed by atoms with van der Waals surface area (Å²) < 4.78 is 5.19. The molecule has 0 amide bonds. The normalized spacial score (nSPS) is 12.2. The first-order valence-electron chi connectivity index (χ1n) is 3.71. The Morgan fingerprint density at radius 3 is 2.38 bits per heavy atom. The van der Waals surface area contributed by atoms with Gasteiger partial charge in [-0.15, -0.1) is 0 Å². The molecule has 0 saturated heterocycles. The van der Waals surface area contributed by atoms with Crippen molar-refractivity contribution >= 4 is 28.4 Å². The summed E-state index contributed by atoms with van der Waals surface area (Å²) in [5.74, 6) is 0.575. The molecule has 13 heavy (non-hydrogen) atoms. The molecule has 0 fully saturated rings. The maximum absolute atomic E-state index is 10.6. The Balaban J connectivity index is 2.64. The van der Waals surface area contributed by atoms with Crippen LogP contribution in [0.25, 0.3) is 0 Å². The number of halogens is 2. The Hall–Kier alpha value is -0.730. The number of carbonyl (C=O) groups is 1. The predicted molar refractivity (Wildman–Crippen MR) is 52.4 cm³/mol. The van der Waals surface area contributed by atoms with Gasteiger partial charge in [-0.05, 0) is 42.8 Å². The monoisotopic (exact) mass is 218 g/mol. The summed E-state index contributed by atoms with van der Waals surface area (Å²) in [6.45, 7) is 1.59. The Bertz CT molecular complexity index is 295. The van der Waals surface area contributed by atoms with Crippen LogP contribution in [0.1, 0.15) is 6.92 Å². The predicted octanol–water partition coefficient (Wildman–Crippen LogP) is 2.87. The fourth-order valence-corrected chi connectivity index (χ4v) is 0.934. The first-order valence-corrected chi connectivity index (χ1v) is 4.47. The Morgan fingerprint density at radius 2 is 1.92 bits per heavy atom. The van der Waals surface area contributed by atoms with E-state index in [9.17, 15) is 4.79 Å². The lowest BCUT2D eigenvalue weighted by atomic mass is 10.3. The Labute approximate surface area is 86.4 Å². The molecule has 0 aliphatic heterocycles. The first kappa shape index (κ1) is 10.4. The van der Waals surface area contributed by atoms with E-state index in [2.05, 4.69) is 0 Å². The fraction of sp³-hybridized carbons (Fsp3) is 0.222. The average Bonchev–Trinajstić information content (AvgIpc) is 2.08. The molecule has 4 heteroatoms. The zero-order valence-electron chi connectivity index (χ0n) is 6.96. The van der Waals surface area contributed by atoms with Crippen LogP contribution in [-0.4, -0.2) is 11.3 Å². The van der Waals surface area contributed by atoms with Crippen molar-refractivity contribution in [1.29, 1.82) is 0 Å². The Kier molecular flexibility index (Phi) is 3.58. The van der Waals surface area contributed by atoms with E-state index in [-0.39, 0.29) is 0 Å². The summed E-state index contributed by atoms with van der Waals surface area (Å²) in [5.41, 5.74) is 0. The largest absolute Gasteiger partial charge is 0.482 e. The third-order valence-corrected chi connectivity index (χ3v) is 2.01. The number of rotatable bonds is 3. The van der Waals surface area contributed by atoms with Gasteiger partial charge in [-0.3, -0.25) is 4.79 Å². The van der Waals surface area contributed by atoms with Crippen molar-refractivity contribution in [2.24, 2.45) is 0 Å². The van der Waals surface area contributed by atoms with Crippen molar-refractivity contribution in [2.75, 3.05) is 0 Å². The molecular formula is C9H8Cl2O2. The zero-order chi connectivity index (χ0) is 9.84. The molecule has 0 aliphatic carbocycles. The third-order valence-electron chi connectivity index (χ3n) is 1.45. The minimum absolute atomic E-state index is 0.519. The van der Waals surface area contributed by atoms with Crippen molar-refractivity contribution in [3.63, 3.8) is 0 Å². The maximum Gasteiger partial charge on any atom is 0.262 e. The van der Waals surface area contributed by atoms with Gasteiger partial charge >= 0.3 is 0 Å². The quantitative estimate of drug-likeness (QED) is 0.730. The maximum atomic E-state index is 10.6. The van der Waals surface area contributed by atoms with Gasteiger partial charge < -0.3 is 4.74 Å². The molecule has 1 rings (SSSR count). The number of hydrogen-bond acceptors (Lipinski definition) is 2. The number of ether oxygens (including phenoxy) is 1. The number of hydrogen-bond donors (Lipinski definition) is 0. The van der Waals surface area contributed by atoms with Crippen LogP contribution in [0.5, 0.6) is 5.75 Å². The molecule has 0 bridgehead atoms. The van der Waals surface area contributed by atoms with Gasteiger partial charge in [0, 0.05) is 5.02 Å². The first-order chi connectivity index (χ1) is 6.09. The molecule has 0 N–H and O–H groups in total. The van der Waals surface area contributed by atoms with Crippen molar-refractivity contribution < 1.29 is 9.53 Å². The van der Waals surface area contributed by atoms with E-state index < -0.39 is 11.3 Å². The van der Waals surface area contributed by atoms with Crippen LogP contribution in [0.15, 0.2) is 24.3 Å². The fourth-order valence-electron chi connectivity index (χ4n) is 0.764. The van der Waals surface area contributed by atoms with Crippen molar-refractivity contribution in [3.05, 3.63) is 29.3 Å². The van der Waals surface area contributed by atoms with E-state index in [1.807, 2.05) is 0 Å². The number of carbonyl (C=O) groups excluding carboxylic acids is 1. The summed E-state index contributed by atoms with van der Waals surface area (Å²) in [6.07, 6.45) is -0.636. The molecule has 0 radical (unpaired) electrons. The van der Waals surface area contributed by atoms with E-state index in [1.165, 1.54) is 0 Å². The summed E-state index contributed by atoms with van der Waals surface area (Å²) >= 11 is 10.9. The lowest BCUT2D eigenvalue weighted by Crippen LogP contribution is -2.18. The minimum Gasteiger partial charge on any atom is -0.482 e. The highest BCUT2D eigenvalue weighted by molar-refractivity contribution is 6.64. The van der Waals surface area contributed by atoms with Crippen molar-refractivity contribution in [2.45, 2.75) is 13.0 Å². The van der Waals surface area contributed by atoms with Gasteiger partial charge in [0.25, 0.3) is 5.24 Å². The van der Waals surface area contributed by atoms with Gasteiger partial charge in [0.15, 0.2) is 6.10 Å². The Morgan fingerprint density at radius 1 is 1.38 bits per heavy atom. The highest BCUT2D eigenvalue weighted by Crippen LogP contribution is 2.17. The average molecular weight is 219 g/mol. The molecule has 1 atom stereocenters. The van der Waals surface area contributed by atoms with Crippen LogP contribution in [0.3, 0.4) is 0 Å². The second kappa shape index (κ2) is 4.49. The lowest BCUT2D eigenvalue weighted by molar-refractivity contribution is -0.117. The summed E-state index contributed by atoms with van der Waals surface area (Å²) in [4.78, 5) is 10.6. The van der Waals surface area contributed by atoms with Gasteiger partial charge in [-0.25, -0.2) is 0 Å². The van der Waals surface area contributed by atoms with E-state index in [0.29, 0.717) is 10.8 Å². The van der Waals surface area contributed by atoms with Crippen LogP contribution < -0.4 is 4.74 Å². The van der Waals surface area contributed by atoms with E-state index in [1.54, 1.807) is 31.2 Å². The van der Waals surface area contributed by atoms with Gasteiger partial charge in [0.05, 0.1) is 0 Å². The summed E-state index contributed by atoms with van der Waals surface area (Å²) in [6, 6.07) is 6.72. The highest BCUT2D eigenvalue weighted by Gasteiger charge is 2.10. The molecule has 1 aromatic carbocycles. The van der Waals surface area contributed by atoms with Gasteiger partial charge in [-0.2, -0.15) is 0 Å². The van der Waals surface area contributed by atoms with E-state index in [4.69, 9.17) is 27.9 Å². The molecule has 70 valence electrons. The highest BCUT2D eigenvalue weighted by atomic mass is 35.5. The van der Waals surface area contributed by atoms with Crippen LogP contribution in [0.4, 0.5) is 0 Å². The molecule has 0 aromatic heterocycles. The summed E-state index contributed by atoms with van der Waals surface area (Å²) in [5, 5.41) is 0.104. The van der Waals surface area contributed by atoms with E-state index in [0.717, 1.165) is 0 Å². The molecule has 0 saturated carbocycles. The van der Waals surface area contributed by atoms with Crippen LogP contribution >= 0.6 is 23.2 Å². The van der Waals surface area contributed by atoms with Gasteiger partial charge in [0.1, 0.15) is 5.75 Å². The SMILES string of the molecule is CC(Oc1ccc(Cl)cc1)C(=O)Cl. The van der Waals surface area contributed by atoms with Crippen LogP contribution in [0, 0.1) is 0 Å².